The van der Waals surface area contributed by atoms with Gasteiger partial charge in [0.15, 0.2) is 0 Å². The van der Waals surface area contributed by atoms with Crippen molar-refractivity contribution >= 4 is 6.09 Å². The van der Waals surface area contributed by atoms with Crippen molar-refractivity contribution in [3.63, 3.8) is 0 Å². The number of likely N-dealkylation sites (tertiary alicyclic amines) is 1. The van der Waals surface area contributed by atoms with Gasteiger partial charge in [0.05, 0.1) is 19.7 Å². The molecule has 0 saturated carbocycles. The molecule has 0 radical (unpaired) electrons. The van der Waals surface area contributed by atoms with E-state index < -0.39 is 6.09 Å². The van der Waals surface area contributed by atoms with E-state index in [-0.39, 0.29) is 11.7 Å². The molecule has 1 aromatic rings. The summed E-state index contributed by atoms with van der Waals surface area (Å²) in [5.41, 5.74) is 6.38. The third kappa shape index (κ3) is 2.96. The summed E-state index contributed by atoms with van der Waals surface area (Å²) in [7, 11) is 0. The molecule has 3 rings (SSSR count). The smallest absolute Gasteiger partial charge is 0.407 e. The topological polar surface area (TPSA) is 85.0 Å². The van der Waals surface area contributed by atoms with Crippen LogP contribution >= 0.6 is 0 Å². The number of ether oxygens (including phenoxy) is 2. The molecule has 0 bridgehead atoms. The minimum Gasteiger partial charge on any atom is -0.488 e. The Kier molecular flexibility index (Phi) is 3.73. The van der Waals surface area contributed by atoms with Crippen molar-refractivity contribution in [2.45, 2.75) is 24.5 Å². The first-order valence-electron chi connectivity index (χ1n) is 7.18. The van der Waals surface area contributed by atoms with Crippen LogP contribution < -0.4 is 10.5 Å². The second kappa shape index (κ2) is 5.54. The van der Waals surface area contributed by atoms with Gasteiger partial charge in [-0.25, -0.2) is 4.79 Å². The van der Waals surface area contributed by atoms with E-state index in [9.17, 15) is 4.79 Å². The van der Waals surface area contributed by atoms with Gasteiger partial charge in [-0.1, -0.05) is 12.1 Å². The van der Waals surface area contributed by atoms with E-state index in [2.05, 4.69) is 0 Å². The average Bonchev–Trinajstić information content (AvgIpc) is 2.84. The van der Waals surface area contributed by atoms with Crippen LogP contribution in [0, 0.1) is 0 Å². The van der Waals surface area contributed by atoms with Crippen molar-refractivity contribution in [3.05, 3.63) is 29.8 Å². The molecule has 1 atom stereocenters. The molecule has 1 unspecified atom stereocenters. The van der Waals surface area contributed by atoms with Crippen molar-refractivity contribution in [2.24, 2.45) is 5.73 Å². The molecule has 6 heteroatoms. The molecule has 1 amide bonds. The predicted octanol–water partition coefficient (Wildman–Crippen LogP) is 1.09. The maximum atomic E-state index is 10.8. The molecule has 6 nitrogen and oxygen atoms in total. The average molecular weight is 292 g/mol. The minimum absolute atomic E-state index is 0.0127. The summed E-state index contributed by atoms with van der Waals surface area (Å²) >= 11 is 0. The summed E-state index contributed by atoms with van der Waals surface area (Å²) in [6.07, 6.45) is 0.702. The van der Waals surface area contributed by atoms with Crippen LogP contribution in [0.1, 0.15) is 12.0 Å². The van der Waals surface area contributed by atoms with Gasteiger partial charge in [0.1, 0.15) is 17.5 Å². The van der Waals surface area contributed by atoms with Crippen LogP contribution in [0.4, 0.5) is 4.79 Å². The molecule has 21 heavy (non-hydrogen) atoms. The van der Waals surface area contributed by atoms with Crippen molar-refractivity contribution in [1.82, 2.24) is 4.90 Å². The van der Waals surface area contributed by atoms with Crippen LogP contribution in [-0.2, 0) is 11.2 Å². The summed E-state index contributed by atoms with van der Waals surface area (Å²) in [4.78, 5) is 12.2. The van der Waals surface area contributed by atoms with E-state index in [0.29, 0.717) is 26.2 Å². The van der Waals surface area contributed by atoms with E-state index in [0.717, 1.165) is 18.6 Å². The van der Waals surface area contributed by atoms with Crippen LogP contribution in [-0.4, -0.2) is 54.0 Å². The van der Waals surface area contributed by atoms with Gasteiger partial charge in [-0.05, 0) is 30.7 Å². The maximum Gasteiger partial charge on any atom is 0.407 e. The molecule has 3 N–H and O–H groups in total. The highest BCUT2D eigenvalue weighted by Crippen LogP contribution is 2.36. The van der Waals surface area contributed by atoms with Crippen molar-refractivity contribution in [2.75, 3.05) is 26.2 Å². The standard InChI is InChI=1S/C15H20N2O4/c16-6-5-11-1-3-12(4-2-11)21-13-7-15(20-8-13)9-17(10-15)14(18)19/h1-4,13H,5-10,16H2,(H,18,19). The molecule has 1 aromatic carbocycles. The number of benzene rings is 1. The van der Waals surface area contributed by atoms with Gasteiger partial charge in [0.25, 0.3) is 0 Å². The molecule has 0 aromatic heterocycles. The van der Waals surface area contributed by atoms with Gasteiger partial charge in [0.2, 0.25) is 0 Å². The van der Waals surface area contributed by atoms with Crippen LogP contribution in [0.25, 0.3) is 0 Å². The predicted molar refractivity (Wildman–Crippen MR) is 76.5 cm³/mol. The summed E-state index contributed by atoms with van der Waals surface area (Å²) in [5.74, 6) is 0.816. The Balaban J connectivity index is 1.52. The Hall–Kier alpha value is -1.79. The Morgan fingerprint density at radius 2 is 2.14 bits per heavy atom. The van der Waals surface area contributed by atoms with Crippen molar-refractivity contribution in [1.29, 1.82) is 0 Å². The summed E-state index contributed by atoms with van der Waals surface area (Å²) in [6, 6.07) is 7.92. The lowest BCUT2D eigenvalue weighted by Crippen LogP contribution is -2.63. The van der Waals surface area contributed by atoms with Gasteiger partial charge in [0, 0.05) is 6.42 Å². The molecule has 2 aliphatic heterocycles. The second-order valence-corrected chi connectivity index (χ2v) is 5.76. The first-order valence-corrected chi connectivity index (χ1v) is 7.18. The number of carbonyl (C=O) groups is 1. The van der Waals surface area contributed by atoms with Gasteiger partial charge in [-0.15, -0.1) is 0 Å². The molecule has 114 valence electrons. The Morgan fingerprint density at radius 3 is 2.76 bits per heavy atom. The van der Waals surface area contributed by atoms with Gasteiger partial charge in [-0.2, -0.15) is 0 Å². The zero-order valence-electron chi connectivity index (χ0n) is 11.8. The van der Waals surface area contributed by atoms with E-state index >= 15 is 0 Å². The fourth-order valence-electron chi connectivity index (χ4n) is 2.98. The number of nitrogens with two attached hydrogens (primary N) is 1. The largest absolute Gasteiger partial charge is 0.488 e. The first kappa shape index (κ1) is 14.2. The van der Waals surface area contributed by atoms with Gasteiger partial charge >= 0.3 is 6.09 Å². The SMILES string of the molecule is NCCc1ccc(OC2COC3(C2)CN(C(=O)O)C3)cc1. The quantitative estimate of drug-likeness (QED) is 0.867. The van der Waals surface area contributed by atoms with Gasteiger partial charge < -0.3 is 25.2 Å². The number of nitrogens with zero attached hydrogens (tertiary/aromatic N) is 1. The molecule has 2 heterocycles. The van der Waals surface area contributed by atoms with Crippen LogP contribution in [0.15, 0.2) is 24.3 Å². The Bertz CT molecular complexity index is 511. The molecular formula is C15H20N2O4. The van der Waals surface area contributed by atoms with E-state index in [4.69, 9.17) is 20.3 Å². The highest BCUT2D eigenvalue weighted by molar-refractivity contribution is 5.66. The third-order valence-corrected chi connectivity index (χ3v) is 4.06. The molecule has 2 fully saturated rings. The Morgan fingerprint density at radius 1 is 1.43 bits per heavy atom. The highest BCUT2D eigenvalue weighted by Gasteiger charge is 2.52. The molecule has 2 saturated heterocycles. The van der Waals surface area contributed by atoms with Crippen LogP contribution in [0.3, 0.4) is 0 Å². The molecule has 2 aliphatic rings. The van der Waals surface area contributed by atoms with Crippen molar-refractivity contribution < 1.29 is 19.4 Å². The fraction of sp³-hybridized carbons (Fsp3) is 0.533. The lowest BCUT2D eigenvalue weighted by atomic mass is 9.90. The second-order valence-electron chi connectivity index (χ2n) is 5.76. The van der Waals surface area contributed by atoms with E-state index in [1.54, 1.807) is 0 Å². The fourth-order valence-corrected chi connectivity index (χ4v) is 2.98. The zero-order valence-corrected chi connectivity index (χ0v) is 11.8. The number of amides is 1. The lowest BCUT2D eigenvalue weighted by molar-refractivity contribution is -0.0982. The molecular weight excluding hydrogens is 272 g/mol. The zero-order chi connectivity index (χ0) is 14.9. The lowest BCUT2D eigenvalue weighted by Gasteiger charge is -2.45. The third-order valence-electron chi connectivity index (χ3n) is 4.06. The Labute approximate surface area is 123 Å². The van der Waals surface area contributed by atoms with E-state index in [1.165, 1.54) is 10.5 Å². The summed E-state index contributed by atoms with van der Waals surface area (Å²) in [5, 5.41) is 8.88. The maximum absolute atomic E-state index is 10.8. The van der Waals surface area contributed by atoms with E-state index in [1.807, 2.05) is 24.3 Å². The van der Waals surface area contributed by atoms with Crippen molar-refractivity contribution in [3.8, 4) is 5.75 Å². The van der Waals surface area contributed by atoms with Crippen LogP contribution in [0.2, 0.25) is 0 Å². The number of hydrogen-bond acceptors (Lipinski definition) is 4. The molecule has 1 spiro atoms. The summed E-state index contributed by atoms with van der Waals surface area (Å²) in [6.45, 7) is 2.03. The summed E-state index contributed by atoms with van der Waals surface area (Å²) < 4.78 is 11.7. The molecule has 0 aliphatic carbocycles. The number of carboxylic acid groups (broad SMARTS) is 1. The normalized spacial score (nSPS) is 23.1. The number of rotatable bonds is 4. The monoisotopic (exact) mass is 292 g/mol. The first-order chi connectivity index (χ1) is 10.1. The van der Waals surface area contributed by atoms with Gasteiger partial charge in [-0.3, -0.25) is 0 Å². The number of hydrogen-bond donors (Lipinski definition) is 2. The minimum atomic E-state index is -0.885. The van der Waals surface area contributed by atoms with Crippen LogP contribution in [0.5, 0.6) is 5.75 Å². The highest BCUT2D eigenvalue weighted by atomic mass is 16.6.